The normalized spacial score (nSPS) is 15.6. The quantitative estimate of drug-likeness (QED) is 0.774. The lowest BCUT2D eigenvalue weighted by Crippen LogP contribution is -2.17. The number of hydrogen-bond acceptors (Lipinski definition) is 3. The highest BCUT2D eigenvalue weighted by Crippen LogP contribution is 2.22. The zero-order valence-electron chi connectivity index (χ0n) is 11.3. The van der Waals surface area contributed by atoms with Crippen LogP contribution in [0.3, 0.4) is 0 Å². The summed E-state index contributed by atoms with van der Waals surface area (Å²) in [5.41, 5.74) is 1.96. The van der Waals surface area contributed by atoms with Crippen LogP contribution in [0.2, 0.25) is 0 Å². The average molecular weight is 263 g/mol. The van der Waals surface area contributed by atoms with Crippen LogP contribution in [0.4, 0.5) is 5.69 Å². The predicted molar refractivity (Wildman–Crippen MR) is 74.8 cm³/mol. The van der Waals surface area contributed by atoms with Crippen molar-refractivity contribution in [3.63, 3.8) is 0 Å². The van der Waals surface area contributed by atoms with Gasteiger partial charge < -0.3 is 15.2 Å². The summed E-state index contributed by atoms with van der Waals surface area (Å²) < 4.78 is 5.75. The van der Waals surface area contributed by atoms with E-state index in [1.807, 2.05) is 13.0 Å². The lowest BCUT2D eigenvalue weighted by Gasteiger charge is -2.14. The lowest BCUT2D eigenvalue weighted by molar-refractivity contribution is 0.0655. The van der Waals surface area contributed by atoms with Crippen LogP contribution in [-0.2, 0) is 4.74 Å². The molecule has 0 saturated heterocycles. The summed E-state index contributed by atoms with van der Waals surface area (Å²) in [5.74, 6) is -0.900. The van der Waals surface area contributed by atoms with E-state index in [1.54, 1.807) is 12.1 Å². The van der Waals surface area contributed by atoms with E-state index in [9.17, 15) is 4.79 Å². The maximum Gasteiger partial charge on any atom is 0.337 e. The first-order valence-electron chi connectivity index (χ1n) is 6.87. The fourth-order valence-corrected chi connectivity index (χ4v) is 2.54. The predicted octanol–water partition coefficient (Wildman–Crippen LogP) is 3.06. The molecule has 1 aliphatic carbocycles. The molecule has 1 aliphatic rings. The Morgan fingerprint density at radius 3 is 2.84 bits per heavy atom. The third-order valence-corrected chi connectivity index (χ3v) is 3.56. The summed E-state index contributed by atoms with van der Waals surface area (Å²) in [5, 5.41) is 12.3. The summed E-state index contributed by atoms with van der Waals surface area (Å²) in [4.78, 5) is 11.1. The molecule has 1 fully saturated rings. The van der Waals surface area contributed by atoms with Crippen LogP contribution in [0.1, 0.15) is 41.6 Å². The fourth-order valence-electron chi connectivity index (χ4n) is 2.54. The molecule has 0 bridgehead atoms. The van der Waals surface area contributed by atoms with Gasteiger partial charge in [0.2, 0.25) is 0 Å². The van der Waals surface area contributed by atoms with Gasteiger partial charge in [0.15, 0.2) is 0 Å². The van der Waals surface area contributed by atoms with E-state index >= 15 is 0 Å². The molecule has 0 aliphatic heterocycles. The van der Waals surface area contributed by atoms with Gasteiger partial charge in [0.05, 0.1) is 24.0 Å². The molecule has 0 unspecified atom stereocenters. The molecule has 4 heteroatoms. The second kappa shape index (κ2) is 6.57. The standard InChI is InChI=1S/C15H21NO3/c1-11-5-4-8-13(15(17)18)14(11)16-9-10-19-12-6-2-3-7-12/h4-5,8,12,16H,2-3,6-7,9-10H2,1H3,(H,17,18). The van der Waals surface area contributed by atoms with Gasteiger partial charge >= 0.3 is 5.97 Å². The number of para-hydroxylation sites is 1. The van der Waals surface area contributed by atoms with Gasteiger partial charge in [0.25, 0.3) is 0 Å². The van der Waals surface area contributed by atoms with Crippen molar-refractivity contribution < 1.29 is 14.6 Å². The van der Waals surface area contributed by atoms with Crippen LogP contribution < -0.4 is 5.32 Å². The molecule has 2 N–H and O–H groups in total. The molecule has 0 spiro atoms. The number of carboxylic acid groups (broad SMARTS) is 1. The summed E-state index contributed by atoms with van der Waals surface area (Å²) in [6.07, 6.45) is 5.24. The van der Waals surface area contributed by atoms with Crippen LogP contribution in [0.5, 0.6) is 0 Å². The molecule has 1 aromatic rings. The number of hydrogen-bond donors (Lipinski definition) is 2. The van der Waals surface area contributed by atoms with Gasteiger partial charge in [0.1, 0.15) is 0 Å². The molecule has 4 nitrogen and oxygen atoms in total. The third kappa shape index (κ3) is 3.70. The van der Waals surface area contributed by atoms with Crippen LogP contribution in [0.15, 0.2) is 18.2 Å². The summed E-state index contributed by atoms with van der Waals surface area (Å²) >= 11 is 0. The van der Waals surface area contributed by atoms with Gasteiger partial charge in [-0.05, 0) is 31.4 Å². The topological polar surface area (TPSA) is 58.6 Å². The number of anilines is 1. The molecular weight excluding hydrogens is 242 g/mol. The SMILES string of the molecule is Cc1cccc(C(=O)O)c1NCCOC1CCCC1. The minimum atomic E-state index is -0.900. The van der Waals surface area contributed by atoms with Crippen molar-refractivity contribution in [2.75, 3.05) is 18.5 Å². The number of nitrogens with one attached hydrogen (secondary N) is 1. The maximum absolute atomic E-state index is 11.1. The zero-order valence-corrected chi connectivity index (χ0v) is 11.3. The molecular formula is C15H21NO3. The largest absolute Gasteiger partial charge is 0.478 e. The Labute approximate surface area is 113 Å². The van der Waals surface area contributed by atoms with Crippen LogP contribution in [0.25, 0.3) is 0 Å². The molecule has 0 atom stereocenters. The van der Waals surface area contributed by atoms with Crippen LogP contribution >= 0.6 is 0 Å². The molecule has 0 heterocycles. The first-order chi connectivity index (χ1) is 9.18. The van der Waals surface area contributed by atoms with E-state index in [0.29, 0.717) is 30.5 Å². The van der Waals surface area contributed by atoms with Crippen molar-refractivity contribution in [3.05, 3.63) is 29.3 Å². The molecule has 2 rings (SSSR count). The molecule has 19 heavy (non-hydrogen) atoms. The van der Waals surface area contributed by atoms with Crippen molar-refractivity contribution in [2.24, 2.45) is 0 Å². The Morgan fingerprint density at radius 2 is 2.16 bits per heavy atom. The lowest BCUT2D eigenvalue weighted by atomic mass is 10.1. The van der Waals surface area contributed by atoms with Gasteiger partial charge in [-0.15, -0.1) is 0 Å². The van der Waals surface area contributed by atoms with E-state index < -0.39 is 5.97 Å². The summed E-state index contributed by atoms with van der Waals surface area (Å²) in [7, 11) is 0. The van der Waals surface area contributed by atoms with Crippen LogP contribution in [0, 0.1) is 6.92 Å². The van der Waals surface area contributed by atoms with E-state index in [2.05, 4.69) is 5.32 Å². The molecule has 0 radical (unpaired) electrons. The zero-order chi connectivity index (χ0) is 13.7. The monoisotopic (exact) mass is 263 g/mol. The minimum absolute atomic E-state index is 0.320. The minimum Gasteiger partial charge on any atom is -0.478 e. The van der Waals surface area contributed by atoms with Crippen LogP contribution in [-0.4, -0.2) is 30.3 Å². The van der Waals surface area contributed by atoms with Crippen molar-refractivity contribution >= 4 is 11.7 Å². The summed E-state index contributed by atoms with van der Waals surface area (Å²) in [6, 6.07) is 5.29. The number of carbonyl (C=O) groups is 1. The highest BCUT2D eigenvalue weighted by Gasteiger charge is 2.15. The van der Waals surface area contributed by atoms with Crippen molar-refractivity contribution in [3.8, 4) is 0 Å². The van der Waals surface area contributed by atoms with Crippen molar-refractivity contribution in [1.82, 2.24) is 0 Å². The molecule has 0 aromatic heterocycles. The second-order valence-corrected chi connectivity index (χ2v) is 5.01. The average Bonchev–Trinajstić information content (AvgIpc) is 2.88. The Balaban J connectivity index is 1.86. The number of rotatable bonds is 6. The first kappa shape index (κ1) is 13.9. The number of benzene rings is 1. The van der Waals surface area contributed by atoms with Gasteiger partial charge in [-0.25, -0.2) is 4.79 Å². The Bertz CT molecular complexity index is 439. The first-order valence-corrected chi connectivity index (χ1v) is 6.87. The second-order valence-electron chi connectivity index (χ2n) is 5.01. The maximum atomic E-state index is 11.1. The van der Waals surface area contributed by atoms with E-state index in [4.69, 9.17) is 9.84 Å². The molecule has 1 aromatic carbocycles. The van der Waals surface area contributed by atoms with Gasteiger partial charge in [-0.2, -0.15) is 0 Å². The van der Waals surface area contributed by atoms with Crippen molar-refractivity contribution in [2.45, 2.75) is 38.7 Å². The number of aromatic carboxylic acids is 1. The third-order valence-electron chi connectivity index (χ3n) is 3.56. The Morgan fingerprint density at radius 1 is 1.42 bits per heavy atom. The number of carboxylic acids is 1. The molecule has 1 saturated carbocycles. The van der Waals surface area contributed by atoms with Gasteiger partial charge in [-0.1, -0.05) is 25.0 Å². The highest BCUT2D eigenvalue weighted by molar-refractivity contribution is 5.95. The number of ether oxygens (including phenoxy) is 1. The Hall–Kier alpha value is -1.55. The fraction of sp³-hybridized carbons (Fsp3) is 0.533. The smallest absolute Gasteiger partial charge is 0.337 e. The van der Waals surface area contributed by atoms with Crippen molar-refractivity contribution in [1.29, 1.82) is 0 Å². The van der Waals surface area contributed by atoms with E-state index in [1.165, 1.54) is 12.8 Å². The number of aryl methyl sites for hydroxylation is 1. The summed E-state index contributed by atoms with van der Waals surface area (Å²) in [6.45, 7) is 3.17. The molecule has 104 valence electrons. The molecule has 0 amide bonds. The van der Waals surface area contributed by atoms with Gasteiger partial charge in [-0.3, -0.25) is 0 Å². The van der Waals surface area contributed by atoms with E-state index in [0.717, 1.165) is 18.4 Å². The van der Waals surface area contributed by atoms with E-state index in [-0.39, 0.29) is 0 Å². The Kier molecular flexibility index (Phi) is 4.80. The van der Waals surface area contributed by atoms with Gasteiger partial charge in [0, 0.05) is 6.54 Å². The highest BCUT2D eigenvalue weighted by atomic mass is 16.5.